The molecule has 22 heavy (non-hydrogen) atoms. The number of hydrogen-bond donors (Lipinski definition) is 1. The van der Waals surface area contributed by atoms with E-state index in [1.807, 2.05) is 48.2 Å². The molecule has 1 N–H and O–H groups in total. The highest BCUT2D eigenvalue weighted by Gasteiger charge is 2.22. The van der Waals surface area contributed by atoms with Gasteiger partial charge in [-0.05, 0) is 28.8 Å². The summed E-state index contributed by atoms with van der Waals surface area (Å²) in [5.74, 6) is 1.85. The van der Waals surface area contributed by atoms with Crippen LogP contribution in [0.3, 0.4) is 0 Å². The lowest BCUT2D eigenvalue weighted by Gasteiger charge is -2.26. The number of halogens is 1. The molecule has 0 aliphatic carbocycles. The SMILES string of the molecule is O=C(NC1CSCc2ccc(Br)cc21)OCc1ccccc1. The molecule has 0 bridgehead atoms. The second-order valence-corrected chi connectivity index (χ2v) is 7.06. The van der Waals surface area contributed by atoms with Crippen molar-refractivity contribution in [3.63, 3.8) is 0 Å². The molecule has 1 heterocycles. The number of hydrogen-bond acceptors (Lipinski definition) is 3. The summed E-state index contributed by atoms with van der Waals surface area (Å²) in [6.07, 6.45) is -0.373. The van der Waals surface area contributed by atoms with Gasteiger partial charge in [-0.25, -0.2) is 4.79 Å². The minimum atomic E-state index is -0.373. The molecule has 1 aliphatic rings. The predicted molar refractivity (Wildman–Crippen MR) is 92.8 cm³/mol. The van der Waals surface area contributed by atoms with E-state index in [0.717, 1.165) is 21.5 Å². The van der Waals surface area contributed by atoms with Crippen LogP contribution < -0.4 is 5.32 Å². The first kappa shape index (κ1) is 15.4. The second kappa shape index (κ2) is 7.20. The number of alkyl carbamates (subject to hydrolysis) is 1. The Bertz CT molecular complexity index is 663. The van der Waals surface area contributed by atoms with Gasteiger partial charge < -0.3 is 10.1 Å². The van der Waals surface area contributed by atoms with Crippen LogP contribution in [0.1, 0.15) is 22.7 Å². The van der Waals surface area contributed by atoms with Crippen LogP contribution in [0.5, 0.6) is 0 Å². The molecule has 1 aliphatic heterocycles. The zero-order valence-electron chi connectivity index (χ0n) is 11.9. The van der Waals surface area contributed by atoms with E-state index in [1.165, 1.54) is 11.1 Å². The van der Waals surface area contributed by atoms with E-state index in [2.05, 4.69) is 33.4 Å². The summed E-state index contributed by atoms with van der Waals surface area (Å²) in [6.45, 7) is 0.290. The summed E-state index contributed by atoms with van der Waals surface area (Å²) in [7, 11) is 0. The Morgan fingerprint density at radius 1 is 1.27 bits per heavy atom. The summed E-state index contributed by atoms with van der Waals surface area (Å²) >= 11 is 5.32. The molecule has 3 rings (SSSR count). The molecule has 1 atom stereocenters. The molecule has 0 aromatic heterocycles. The summed E-state index contributed by atoms with van der Waals surface area (Å²) in [4.78, 5) is 12.0. The molecule has 2 aromatic carbocycles. The maximum atomic E-state index is 12.0. The lowest BCUT2D eigenvalue weighted by Crippen LogP contribution is -2.32. The smallest absolute Gasteiger partial charge is 0.407 e. The first-order valence-electron chi connectivity index (χ1n) is 7.05. The second-order valence-electron chi connectivity index (χ2n) is 5.12. The normalized spacial score (nSPS) is 16.7. The van der Waals surface area contributed by atoms with Crippen LogP contribution in [-0.4, -0.2) is 11.8 Å². The van der Waals surface area contributed by atoms with Gasteiger partial charge in [0.05, 0.1) is 6.04 Å². The number of amides is 1. The van der Waals surface area contributed by atoms with Gasteiger partial charge in [-0.3, -0.25) is 0 Å². The first-order chi connectivity index (χ1) is 10.7. The topological polar surface area (TPSA) is 38.3 Å². The highest BCUT2D eigenvalue weighted by atomic mass is 79.9. The standard InChI is InChI=1S/C17H16BrNO2S/c18-14-7-6-13-10-22-11-16(15(13)8-14)19-17(20)21-9-12-4-2-1-3-5-12/h1-8,16H,9-11H2,(H,19,20). The van der Waals surface area contributed by atoms with Gasteiger partial charge in [0, 0.05) is 16.0 Å². The van der Waals surface area contributed by atoms with Crippen LogP contribution in [0.2, 0.25) is 0 Å². The van der Waals surface area contributed by atoms with Crippen LogP contribution in [0.15, 0.2) is 53.0 Å². The average Bonchev–Trinajstić information content (AvgIpc) is 2.54. The van der Waals surface area contributed by atoms with E-state index >= 15 is 0 Å². The monoisotopic (exact) mass is 377 g/mol. The maximum absolute atomic E-state index is 12.0. The third-order valence-electron chi connectivity index (χ3n) is 3.53. The summed E-state index contributed by atoms with van der Waals surface area (Å²) in [6, 6.07) is 15.9. The van der Waals surface area contributed by atoms with Crippen molar-refractivity contribution < 1.29 is 9.53 Å². The Hall–Kier alpha value is -1.46. The molecular weight excluding hydrogens is 362 g/mol. The molecular formula is C17H16BrNO2S. The average molecular weight is 378 g/mol. The van der Waals surface area contributed by atoms with Crippen molar-refractivity contribution in [3.05, 3.63) is 69.7 Å². The van der Waals surface area contributed by atoms with Crippen LogP contribution in [0, 0.1) is 0 Å². The quantitative estimate of drug-likeness (QED) is 0.844. The zero-order valence-corrected chi connectivity index (χ0v) is 14.3. The summed E-state index contributed by atoms with van der Waals surface area (Å²) < 4.78 is 6.34. The molecule has 1 amide bonds. The van der Waals surface area contributed by atoms with E-state index in [0.29, 0.717) is 0 Å². The number of rotatable bonds is 3. The van der Waals surface area contributed by atoms with Crippen LogP contribution >= 0.6 is 27.7 Å². The van der Waals surface area contributed by atoms with Crippen molar-refractivity contribution in [1.29, 1.82) is 0 Å². The lowest BCUT2D eigenvalue weighted by atomic mass is 10.0. The number of thioether (sulfide) groups is 1. The molecule has 3 nitrogen and oxygen atoms in total. The molecule has 0 saturated carbocycles. The molecule has 0 spiro atoms. The van der Waals surface area contributed by atoms with Gasteiger partial charge in [0.1, 0.15) is 6.61 Å². The Balaban J connectivity index is 1.62. The fourth-order valence-corrected chi connectivity index (χ4v) is 3.90. The molecule has 1 unspecified atom stereocenters. The van der Waals surface area contributed by atoms with Crippen molar-refractivity contribution in [1.82, 2.24) is 5.32 Å². The van der Waals surface area contributed by atoms with E-state index < -0.39 is 0 Å². The third-order valence-corrected chi connectivity index (χ3v) is 5.11. The van der Waals surface area contributed by atoms with Crippen LogP contribution in [-0.2, 0) is 17.1 Å². The van der Waals surface area contributed by atoms with Gasteiger partial charge in [-0.1, -0.05) is 52.3 Å². The molecule has 0 radical (unpaired) electrons. The van der Waals surface area contributed by atoms with Gasteiger partial charge in [-0.15, -0.1) is 0 Å². The number of ether oxygens (including phenoxy) is 1. The molecule has 2 aromatic rings. The highest BCUT2D eigenvalue weighted by Crippen LogP contribution is 2.33. The number of carbonyl (C=O) groups is 1. The van der Waals surface area contributed by atoms with Crippen molar-refractivity contribution in [2.45, 2.75) is 18.4 Å². The number of benzene rings is 2. The first-order valence-corrected chi connectivity index (χ1v) is 9.00. The minimum absolute atomic E-state index is 0.00507. The van der Waals surface area contributed by atoms with Gasteiger partial charge >= 0.3 is 6.09 Å². The van der Waals surface area contributed by atoms with Gasteiger partial charge in [0.25, 0.3) is 0 Å². The highest BCUT2D eigenvalue weighted by molar-refractivity contribution is 9.10. The van der Waals surface area contributed by atoms with E-state index in [9.17, 15) is 4.79 Å². The Labute approximate surface area is 142 Å². The van der Waals surface area contributed by atoms with Crippen molar-refractivity contribution in [2.75, 3.05) is 5.75 Å². The Kier molecular flexibility index (Phi) is 5.05. The Morgan fingerprint density at radius 3 is 2.91 bits per heavy atom. The maximum Gasteiger partial charge on any atom is 0.407 e. The fraction of sp³-hybridized carbons (Fsp3) is 0.235. The minimum Gasteiger partial charge on any atom is -0.445 e. The molecule has 0 saturated heterocycles. The zero-order chi connectivity index (χ0) is 15.4. The number of carbonyl (C=O) groups excluding carboxylic acids is 1. The number of fused-ring (bicyclic) bond motifs is 1. The largest absolute Gasteiger partial charge is 0.445 e. The van der Waals surface area contributed by atoms with Crippen molar-refractivity contribution in [2.24, 2.45) is 0 Å². The van der Waals surface area contributed by atoms with Crippen molar-refractivity contribution >= 4 is 33.8 Å². The van der Waals surface area contributed by atoms with E-state index in [4.69, 9.17) is 4.74 Å². The Morgan fingerprint density at radius 2 is 2.09 bits per heavy atom. The molecule has 0 fully saturated rings. The lowest BCUT2D eigenvalue weighted by molar-refractivity contribution is 0.136. The number of nitrogens with one attached hydrogen (secondary N) is 1. The van der Waals surface area contributed by atoms with Crippen molar-refractivity contribution in [3.8, 4) is 0 Å². The van der Waals surface area contributed by atoms with E-state index in [-0.39, 0.29) is 18.7 Å². The fourth-order valence-electron chi connectivity index (χ4n) is 2.42. The van der Waals surface area contributed by atoms with Crippen LogP contribution in [0.25, 0.3) is 0 Å². The molecule has 5 heteroatoms. The third kappa shape index (κ3) is 3.84. The van der Waals surface area contributed by atoms with E-state index in [1.54, 1.807) is 0 Å². The van der Waals surface area contributed by atoms with Gasteiger partial charge in [0.15, 0.2) is 0 Å². The predicted octanol–water partition coefficient (Wildman–Crippen LogP) is 4.66. The molecule has 114 valence electrons. The van der Waals surface area contributed by atoms with Crippen LogP contribution in [0.4, 0.5) is 4.79 Å². The van der Waals surface area contributed by atoms with Gasteiger partial charge in [-0.2, -0.15) is 11.8 Å². The summed E-state index contributed by atoms with van der Waals surface area (Å²) in [5, 5.41) is 2.97. The van der Waals surface area contributed by atoms with Gasteiger partial charge in [0.2, 0.25) is 0 Å². The summed E-state index contributed by atoms with van der Waals surface area (Å²) in [5.41, 5.74) is 3.43.